The van der Waals surface area contributed by atoms with E-state index < -0.39 is 7.77 Å². The van der Waals surface area contributed by atoms with Crippen molar-refractivity contribution in [3.8, 4) is 0 Å². The minimum absolute atomic E-state index is 0.676. The lowest BCUT2D eigenvalue weighted by molar-refractivity contribution is -0.151. The molecule has 0 saturated carbocycles. The number of hydrogen-bond donors (Lipinski definition) is 1. The summed E-state index contributed by atoms with van der Waals surface area (Å²) in [6, 6.07) is 0. The van der Waals surface area contributed by atoms with Gasteiger partial charge in [0.2, 0.25) is 5.98 Å². The molecular formula is C2H5O2P. The fraction of sp³-hybridized carbons (Fsp3) is 0.500. The van der Waals surface area contributed by atoms with Crippen LogP contribution in [-0.4, -0.2) is 17.8 Å². The molecule has 0 aliphatic carbocycles. The third kappa shape index (κ3) is 4.09. The normalized spacial score (nSPS) is 12.2. The summed E-state index contributed by atoms with van der Waals surface area (Å²) in [5, 5.41) is 7.73. The average molecular weight is 92.0 g/mol. The van der Waals surface area contributed by atoms with E-state index >= 15 is 0 Å². The molecule has 30 valence electrons. The lowest BCUT2D eigenvalue weighted by Crippen LogP contribution is -1.84. The van der Waals surface area contributed by atoms with Gasteiger partial charge in [0.05, 0.1) is 14.4 Å². The molecular weight excluding hydrogens is 87.0 g/mol. The summed E-state index contributed by atoms with van der Waals surface area (Å²) in [5.74, 6) is 0.676. The van der Waals surface area contributed by atoms with Crippen LogP contribution in [-0.2, 0) is 0 Å². The monoisotopic (exact) mass is 92.0 g/mol. The van der Waals surface area contributed by atoms with Crippen LogP contribution in [0.1, 0.15) is 0 Å². The predicted molar refractivity (Wildman–Crippen MR) is 20.8 cm³/mol. The highest BCUT2D eigenvalue weighted by molar-refractivity contribution is 7.48. The van der Waals surface area contributed by atoms with Gasteiger partial charge in [-0.05, 0) is 0 Å². The molecule has 0 spiro atoms. The van der Waals surface area contributed by atoms with E-state index in [0.717, 1.165) is 0 Å². The second kappa shape index (κ2) is 2.33. The molecule has 1 unspecified atom stereocenters. The number of hydrogen-bond acceptors (Lipinski definition) is 1. The molecule has 0 amide bonds. The highest BCUT2D eigenvalue weighted by Crippen LogP contribution is 1.93. The van der Waals surface area contributed by atoms with E-state index in [9.17, 15) is 4.89 Å². The highest BCUT2D eigenvalue weighted by atomic mass is 31.1. The van der Waals surface area contributed by atoms with Crippen LogP contribution in [0.25, 0.3) is 0 Å². The van der Waals surface area contributed by atoms with E-state index in [0.29, 0.717) is 5.98 Å². The van der Waals surface area contributed by atoms with Crippen molar-refractivity contribution >= 4 is 13.8 Å². The third-order valence-electron chi connectivity index (χ3n) is 0.163. The standard InChI is InChI=1S/C2H5O2P/c1-5(4)2-3/h2-3H,1H3. The Bertz CT molecular complexity index is 45.6. The summed E-state index contributed by atoms with van der Waals surface area (Å²) >= 11 is 0. The molecule has 5 heavy (non-hydrogen) atoms. The van der Waals surface area contributed by atoms with E-state index in [2.05, 4.69) is 0 Å². The lowest BCUT2D eigenvalue weighted by Gasteiger charge is -1.75. The van der Waals surface area contributed by atoms with Gasteiger partial charge in [-0.15, -0.1) is 0 Å². The number of aliphatic hydroxyl groups excluding tert-OH is 1. The maximum Gasteiger partial charge on any atom is 0.205 e. The first-order valence-corrected chi connectivity index (χ1v) is 2.92. The van der Waals surface area contributed by atoms with Crippen molar-refractivity contribution in [2.75, 3.05) is 6.66 Å². The first-order chi connectivity index (χ1) is 2.27. The molecule has 0 bridgehead atoms. The molecule has 0 fully saturated rings. The summed E-state index contributed by atoms with van der Waals surface area (Å²) in [4.78, 5) is 9.66. The van der Waals surface area contributed by atoms with Crippen molar-refractivity contribution < 1.29 is 10.00 Å². The van der Waals surface area contributed by atoms with Crippen molar-refractivity contribution in [1.82, 2.24) is 0 Å². The fourth-order valence-corrected chi connectivity index (χ4v) is 0. The Hall–Kier alpha value is 0.0900. The molecule has 0 radical (unpaired) electrons. The second-order valence-electron chi connectivity index (χ2n) is 0.662. The minimum Gasteiger partial charge on any atom is -0.629 e. The first kappa shape index (κ1) is 5.09. The van der Waals surface area contributed by atoms with Gasteiger partial charge < -0.3 is 10.00 Å². The number of aliphatic hydroxyl groups is 1. The van der Waals surface area contributed by atoms with Crippen LogP contribution in [0.2, 0.25) is 0 Å². The maximum absolute atomic E-state index is 9.66. The second-order valence-corrected chi connectivity index (χ2v) is 1.98. The molecule has 0 rings (SSSR count). The summed E-state index contributed by atoms with van der Waals surface area (Å²) in [6.45, 7) is 1.43. The zero-order chi connectivity index (χ0) is 4.28. The maximum atomic E-state index is 9.66. The van der Waals surface area contributed by atoms with Gasteiger partial charge >= 0.3 is 0 Å². The Morgan fingerprint density at radius 2 is 2.20 bits per heavy atom. The van der Waals surface area contributed by atoms with Crippen LogP contribution in [0.5, 0.6) is 0 Å². The quantitative estimate of drug-likeness (QED) is 0.409. The molecule has 0 aromatic rings. The number of rotatable bonds is 0. The zero-order valence-electron chi connectivity index (χ0n) is 2.88. The minimum atomic E-state index is -1.42. The molecule has 0 aliphatic heterocycles. The Balaban J connectivity index is 3.14. The summed E-state index contributed by atoms with van der Waals surface area (Å²) in [5.41, 5.74) is 0. The largest absolute Gasteiger partial charge is 0.629 e. The van der Waals surface area contributed by atoms with Gasteiger partial charge in [0, 0.05) is 0 Å². The molecule has 1 N–H and O–H groups in total. The predicted octanol–water partition coefficient (Wildman–Crippen LogP) is -0.494. The Morgan fingerprint density at radius 3 is 2.20 bits per heavy atom. The van der Waals surface area contributed by atoms with E-state index in [1.165, 1.54) is 6.66 Å². The van der Waals surface area contributed by atoms with Crippen LogP contribution in [0.3, 0.4) is 0 Å². The fourth-order valence-electron chi connectivity index (χ4n) is 0. The van der Waals surface area contributed by atoms with Gasteiger partial charge in [0.15, 0.2) is 0 Å². The van der Waals surface area contributed by atoms with Crippen LogP contribution in [0, 0.1) is 0 Å². The highest BCUT2D eigenvalue weighted by Gasteiger charge is 1.67. The third-order valence-corrected chi connectivity index (χ3v) is 0.488. The van der Waals surface area contributed by atoms with Crippen molar-refractivity contribution in [3.05, 3.63) is 0 Å². The van der Waals surface area contributed by atoms with Crippen molar-refractivity contribution in [2.24, 2.45) is 0 Å². The smallest absolute Gasteiger partial charge is 0.205 e. The molecule has 1 atom stereocenters. The zero-order valence-corrected chi connectivity index (χ0v) is 3.77. The average Bonchev–Trinajstić information content (AvgIpc) is 1.38. The van der Waals surface area contributed by atoms with Crippen LogP contribution in [0.4, 0.5) is 0 Å². The molecule has 2 nitrogen and oxygen atoms in total. The molecule has 0 heterocycles. The van der Waals surface area contributed by atoms with Crippen LogP contribution >= 0.6 is 7.77 Å². The molecule has 0 saturated heterocycles. The molecule has 0 aliphatic rings. The topological polar surface area (TPSA) is 43.3 Å². The molecule has 3 heteroatoms. The van der Waals surface area contributed by atoms with Crippen LogP contribution < -0.4 is 4.89 Å². The Morgan fingerprint density at radius 1 is 2.00 bits per heavy atom. The van der Waals surface area contributed by atoms with E-state index in [-0.39, 0.29) is 0 Å². The lowest BCUT2D eigenvalue weighted by atomic mass is 11.7. The van der Waals surface area contributed by atoms with Crippen molar-refractivity contribution in [3.63, 3.8) is 0 Å². The van der Waals surface area contributed by atoms with E-state index in [1.807, 2.05) is 0 Å². The van der Waals surface area contributed by atoms with E-state index in [1.54, 1.807) is 0 Å². The molecule has 0 aromatic heterocycles. The van der Waals surface area contributed by atoms with Crippen molar-refractivity contribution in [2.45, 2.75) is 0 Å². The SMILES string of the molecule is C/[P+]([O-])=C/O. The van der Waals surface area contributed by atoms with E-state index in [4.69, 9.17) is 5.11 Å². The van der Waals surface area contributed by atoms with Crippen LogP contribution in [0.15, 0.2) is 0 Å². The van der Waals surface area contributed by atoms with Gasteiger partial charge in [-0.2, -0.15) is 0 Å². The van der Waals surface area contributed by atoms with Gasteiger partial charge in [0.25, 0.3) is 0 Å². The Labute approximate surface area is 31.5 Å². The van der Waals surface area contributed by atoms with Gasteiger partial charge in [0.1, 0.15) is 0 Å². The summed E-state index contributed by atoms with van der Waals surface area (Å²) in [6.07, 6.45) is 0. The van der Waals surface area contributed by atoms with Gasteiger partial charge in [-0.3, -0.25) is 0 Å². The molecule has 0 aromatic carbocycles. The van der Waals surface area contributed by atoms with Gasteiger partial charge in [-0.1, -0.05) is 0 Å². The van der Waals surface area contributed by atoms with Crippen molar-refractivity contribution in [1.29, 1.82) is 0 Å². The van der Waals surface area contributed by atoms with Gasteiger partial charge in [-0.25, -0.2) is 0 Å². The first-order valence-electron chi connectivity index (χ1n) is 1.15. The Kier molecular flexibility index (Phi) is 2.38. The summed E-state index contributed by atoms with van der Waals surface area (Å²) in [7, 11) is -1.42. The summed E-state index contributed by atoms with van der Waals surface area (Å²) < 4.78 is 0.